The third-order valence-corrected chi connectivity index (χ3v) is 3.75. The van der Waals surface area contributed by atoms with E-state index < -0.39 is 5.97 Å². The van der Waals surface area contributed by atoms with Gasteiger partial charge in [0.05, 0.1) is 6.61 Å². The van der Waals surface area contributed by atoms with Gasteiger partial charge in [0.25, 0.3) is 0 Å². The molecule has 0 spiro atoms. The van der Waals surface area contributed by atoms with Crippen LogP contribution in [0.4, 0.5) is 4.39 Å². The van der Waals surface area contributed by atoms with Crippen LogP contribution in [0, 0.1) is 5.82 Å². The molecular formula is C21H17FO4. The fourth-order valence-electron chi connectivity index (χ4n) is 2.41. The molecule has 0 aliphatic rings. The number of hydrogen-bond donors (Lipinski definition) is 1. The van der Waals surface area contributed by atoms with E-state index >= 15 is 0 Å². The summed E-state index contributed by atoms with van der Waals surface area (Å²) in [7, 11) is 0. The van der Waals surface area contributed by atoms with Crippen LogP contribution in [0.25, 0.3) is 12.2 Å². The minimum Gasteiger partial charge on any atom is -0.493 e. The van der Waals surface area contributed by atoms with E-state index in [1.807, 2.05) is 24.3 Å². The summed E-state index contributed by atoms with van der Waals surface area (Å²) in [6.07, 6.45) is 4.16. The number of aromatic carboxylic acids is 1. The number of ether oxygens (including phenoxy) is 1. The number of carboxylic acids is 1. The third kappa shape index (κ3) is 4.60. The third-order valence-electron chi connectivity index (χ3n) is 3.75. The van der Waals surface area contributed by atoms with Crippen LogP contribution in [0.2, 0.25) is 0 Å². The first-order valence-electron chi connectivity index (χ1n) is 8.09. The largest absolute Gasteiger partial charge is 0.493 e. The van der Waals surface area contributed by atoms with E-state index in [1.54, 1.807) is 30.4 Å². The second-order valence-electron chi connectivity index (χ2n) is 5.60. The molecule has 0 bridgehead atoms. The smallest absolute Gasteiger partial charge is 0.371 e. The average molecular weight is 352 g/mol. The molecule has 0 aliphatic carbocycles. The number of furan rings is 1. The number of rotatable bonds is 7. The molecule has 4 nitrogen and oxygen atoms in total. The van der Waals surface area contributed by atoms with Gasteiger partial charge in [-0.1, -0.05) is 30.3 Å². The first-order chi connectivity index (χ1) is 12.6. The van der Waals surface area contributed by atoms with Crippen LogP contribution in [0.5, 0.6) is 5.75 Å². The zero-order valence-electron chi connectivity index (χ0n) is 13.9. The maximum absolute atomic E-state index is 12.9. The number of para-hydroxylation sites is 1. The van der Waals surface area contributed by atoms with Gasteiger partial charge in [-0.2, -0.15) is 0 Å². The standard InChI is InChI=1S/C21H17FO4/c22-17-8-5-15(6-9-17)13-14-25-19-4-2-1-3-16(19)7-10-18-11-12-20(26-18)21(23)24/h1-12H,13-14H2,(H,23,24)/b10-7-. The molecule has 0 aliphatic heterocycles. The molecular weight excluding hydrogens is 335 g/mol. The molecule has 2 aromatic carbocycles. The molecule has 0 saturated carbocycles. The highest BCUT2D eigenvalue weighted by Gasteiger charge is 2.07. The highest BCUT2D eigenvalue weighted by Crippen LogP contribution is 2.21. The lowest BCUT2D eigenvalue weighted by Gasteiger charge is -2.09. The highest BCUT2D eigenvalue weighted by atomic mass is 19.1. The predicted molar refractivity (Wildman–Crippen MR) is 96.6 cm³/mol. The van der Waals surface area contributed by atoms with Gasteiger partial charge in [-0.3, -0.25) is 0 Å². The Kier molecular flexibility index (Phi) is 5.49. The summed E-state index contributed by atoms with van der Waals surface area (Å²) in [5, 5.41) is 8.88. The number of carboxylic acid groups (broad SMARTS) is 1. The summed E-state index contributed by atoms with van der Waals surface area (Å²) in [5.41, 5.74) is 1.84. The first kappa shape index (κ1) is 17.5. The van der Waals surface area contributed by atoms with Gasteiger partial charge in [-0.15, -0.1) is 0 Å². The Morgan fingerprint density at radius 1 is 1.04 bits per heavy atom. The Bertz CT molecular complexity index is 910. The fraction of sp³-hybridized carbons (Fsp3) is 0.0952. The maximum Gasteiger partial charge on any atom is 0.371 e. The molecule has 3 aromatic rings. The van der Waals surface area contributed by atoms with Crippen molar-refractivity contribution >= 4 is 18.1 Å². The van der Waals surface area contributed by atoms with Crippen molar-refractivity contribution in [3.05, 3.63) is 89.1 Å². The molecule has 0 unspecified atom stereocenters. The second-order valence-corrected chi connectivity index (χ2v) is 5.60. The number of carbonyl (C=O) groups is 1. The molecule has 132 valence electrons. The second kappa shape index (κ2) is 8.16. The van der Waals surface area contributed by atoms with E-state index in [-0.39, 0.29) is 11.6 Å². The normalized spacial score (nSPS) is 11.0. The van der Waals surface area contributed by atoms with Crippen molar-refractivity contribution in [1.29, 1.82) is 0 Å². The minimum absolute atomic E-state index is 0.103. The Balaban J connectivity index is 1.64. The molecule has 26 heavy (non-hydrogen) atoms. The Morgan fingerprint density at radius 2 is 1.81 bits per heavy atom. The van der Waals surface area contributed by atoms with E-state index in [9.17, 15) is 9.18 Å². The topological polar surface area (TPSA) is 59.7 Å². The van der Waals surface area contributed by atoms with Crippen LogP contribution in [0.1, 0.15) is 27.4 Å². The van der Waals surface area contributed by atoms with Crippen LogP contribution in [0.3, 0.4) is 0 Å². The van der Waals surface area contributed by atoms with Crippen molar-refractivity contribution in [2.24, 2.45) is 0 Å². The zero-order chi connectivity index (χ0) is 18.4. The molecule has 0 atom stereocenters. The highest BCUT2D eigenvalue weighted by molar-refractivity contribution is 5.85. The number of hydrogen-bond acceptors (Lipinski definition) is 3. The first-order valence-corrected chi connectivity index (χ1v) is 8.09. The van der Waals surface area contributed by atoms with Gasteiger partial charge in [0.2, 0.25) is 5.76 Å². The molecule has 0 fully saturated rings. The summed E-state index contributed by atoms with van der Waals surface area (Å²) in [4.78, 5) is 10.8. The van der Waals surface area contributed by atoms with Crippen LogP contribution >= 0.6 is 0 Å². The van der Waals surface area contributed by atoms with Crippen molar-refractivity contribution in [3.63, 3.8) is 0 Å². The molecule has 1 heterocycles. The summed E-state index contributed by atoms with van der Waals surface area (Å²) in [6, 6.07) is 16.9. The van der Waals surface area contributed by atoms with Crippen molar-refractivity contribution in [3.8, 4) is 5.75 Å². The van der Waals surface area contributed by atoms with Gasteiger partial charge in [0.15, 0.2) is 0 Å². The molecule has 0 amide bonds. The van der Waals surface area contributed by atoms with E-state index in [0.29, 0.717) is 24.5 Å². The van der Waals surface area contributed by atoms with Crippen LogP contribution < -0.4 is 4.74 Å². The monoisotopic (exact) mass is 352 g/mol. The molecule has 0 radical (unpaired) electrons. The SMILES string of the molecule is O=C(O)c1ccc(/C=C\c2ccccc2OCCc2ccc(F)cc2)o1. The lowest BCUT2D eigenvalue weighted by molar-refractivity contribution is 0.0662. The average Bonchev–Trinajstić information content (AvgIpc) is 3.12. The van der Waals surface area contributed by atoms with Gasteiger partial charge in [0, 0.05) is 12.0 Å². The Labute approximate surface area is 150 Å². The minimum atomic E-state index is -1.10. The van der Waals surface area contributed by atoms with Crippen LogP contribution in [-0.4, -0.2) is 17.7 Å². The summed E-state index contributed by atoms with van der Waals surface area (Å²) >= 11 is 0. The predicted octanol–water partition coefficient (Wildman–Crippen LogP) is 4.91. The van der Waals surface area contributed by atoms with E-state index in [4.69, 9.17) is 14.3 Å². The van der Waals surface area contributed by atoms with Gasteiger partial charge in [0.1, 0.15) is 17.3 Å². The molecule has 0 saturated heterocycles. The van der Waals surface area contributed by atoms with E-state index in [2.05, 4.69) is 0 Å². The van der Waals surface area contributed by atoms with Crippen molar-refractivity contribution < 1.29 is 23.4 Å². The van der Waals surface area contributed by atoms with Gasteiger partial charge in [-0.25, -0.2) is 9.18 Å². The van der Waals surface area contributed by atoms with E-state index in [0.717, 1.165) is 11.1 Å². The van der Waals surface area contributed by atoms with Crippen LogP contribution in [0.15, 0.2) is 65.1 Å². The van der Waals surface area contributed by atoms with Gasteiger partial charge >= 0.3 is 5.97 Å². The van der Waals surface area contributed by atoms with E-state index in [1.165, 1.54) is 18.2 Å². The van der Waals surface area contributed by atoms with Crippen LogP contribution in [-0.2, 0) is 6.42 Å². The number of halogens is 1. The van der Waals surface area contributed by atoms with Gasteiger partial charge < -0.3 is 14.3 Å². The summed E-state index contributed by atoms with van der Waals surface area (Å²) < 4.78 is 23.9. The van der Waals surface area contributed by atoms with Crippen molar-refractivity contribution in [1.82, 2.24) is 0 Å². The van der Waals surface area contributed by atoms with Gasteiger partial charge in [-0.05, 0) is 48.0 Å². The van der Waals surface area contributed by atoms with Crippen molar-refractivity contribution in [2.75, 3.05) is 6.61 Å². The number of benzene rings is 2. The Hall–Kier alpha value is -3.34. The molecule has 3 rings (SSSR count). The fourth-order valence-corrected chi connectivity index (χ4v) is 2.41. The summed E-state index contributed by atoms with van der Waals surface area (Å²) in [6.45, 7) is 0.459. The lowest BCUT2D eigenvalue weighted by atomic mass is 10.1. The molecule has 1 N–H and O–H groups in total. The maximum atomic E-state index is 12.9. The summed E-state index contributed by atoms with van der Waals surface area (Å²) in [5.74, 6) is -0.309. The quantitative estimate of drug-likeness (QED) is 0.656. The van der Waals surface area contributed by atoms with Crippen molar-refractivity contribution in [2.45, 2.75) is 6.42 Å². The molecule has 5 heteroatoms. The molecule has 1 aromatic heterocycles. The zero-order valence-corrected chi connectivity index (χ0v) is 13.9. The lowest BCUT2D eigenvalue weighted by Crippen LogP contribution is -2.02. The Morgan fingerprint density at radius 3 is 2.54 bits per heavy atom.